The lowest BCUT2D eigenvalue weighted by Gasteiger charge is -2.34. The highest BCUT2D eigenvalue weighted by Gasteiger charge is 2.17. The maximum atomic E-state index is 5.47. The van der Waals surface area contributed by atoms with Gasteiger partial charge in [0.1, 0.15) is 0 Å². The molecule has 2 saturated heterocycles. The largest absolute Gasteiger partial charge is 0.381 e. The van der Waals surface area contributed by atoms with Crippen LogP contribution in [0.25, 0.3) is 0 Å². The molecule has 0 aromatic heterocycles. The highest BCUT2D eigenvalue weighted by atomic mass is 127. The Kier molecular flexibility index (Phi) is 13.5. The minimum atomic E-state index is 0. The van der Waals surface area contributed by atoms with Crippen molar-refractivity contribution in [3.8, 4) is 0 Å². The van der Waals surface area contributed by atoms with Gasteiger partial charge in [0.2, 0.25) is 0 Å². The Balaban J connectivity index is 0.00000363. The smallest absolute Gasteiger partial charge is 0.193 e. The molecular weight excluding hydrogens is 513 g/mol. The average Bonchev–Trinajstić information content (AvgIpc) is 2.82. The molecule has 0 aliphatic carbocycles. The first-order chi connectivity index (χ1) is 15.2. The van der Waals surface area contributed by atoms with Gasteiger partial charge in [0.25, 0.3) is 0 Å². The number of hydrogen-bond acceptors (Lipinski definition) is 4. The number of rotatable bonds is 10. The summed E-state index contributed by atoms with van der Waals surface area (Å²) in [6.07, 6.45) is 6.09. The highest BCUT2D eigenvalue weighted by Crippen LogP contribution is 2.18. The number of halogens is 1. The molecule has 1 aromatic carbocycles. The molecule has 0 bridgehead atoms. The molecule has 32 heavy (non-hydrogen) atoms. The monoisotopic (exact) mass is 557 g/mol. The number of guanidine groups is 1. The summed E-state index contributed by atoms with van der Waals surface area (Å²) in [6, 6.07) is 10.8. The summed E-state index contributed by atoms with van der Waals surface area (Å²) in [5, 5.41) is 3.55. The Hall–Kier alpha value is -0.900. The van der Waals surface area contributed by atoms with Crippen molar-refractivity contribution in [2.75, 3.05) is 73.1 Å². The van der Waals surface area contributed by atoms with E-state index in [0.717, 1.165) is 44.7 Å². The molecule has 1 aromatic rings. The van der Waals surface area contributed by atoms with Crippen LogP contribution in [0.2, 0.25) is 0 Å². The van der Waals surface area contributed by atoms with E-state index in [1.165, 1.54) is 70.4 Å². The number of benzene rings is 1. The number of piperazine rings is 1. The summed E-state index contributed by atoms with van der Waals surface area (Å²) >= 11 is 0. The lowest BCUT2D eigenvalue weighted by molar-refractivity contribution is 0.0625. The third-order valence-electron chi connectivity index (χ3n) is 6.69. The zero-order valence-corrected chi connectivity index (χ0v) is 22.5. The Morgan fingerprint density at radius 3 is 2.44 bits per heavy atom. The fraction of sp³-hybridized carbons (Fsp3) is 0.720. The van der Waals surface area contributed by atoms with Gasteiger partial charge in [-0.3, -0.25) is 9.89 Å². The number of nitrogens with one attached hydrogen (secondary N) is 1. The van der Waals surface area contributed by atoms with E-state index in [2.05, 4.69) is 62.4 Å². The highest BCUT2D eigenvalue weighted by molar-refractivity contribution is 14.0. The molecule has 0 radical (unpaired) electrons. The third-order valence-corrected chi connectivity index (χ3v) is 6.69. The van der Waals surface area contributed by atoms with Crippen molar-refractivity contribution >= 4 is 29.9 Å². The molecule has 6 nitrogen and oxygen atoms in total. The van der Waals surface area contributed by atoms with E-state index in [-0.39, 0.29) is 24.0 Å². The lowest BCUT2D eigenvalue weighted by atomic mass is 9.96. The molecule has 7 heteroatoms. The van der Waals surface area contributed by atoms with E-state index >= 15 is 0 Å². The van der Waals surface area contributed by atoms with Crippen LogP contribution in [0.15, 0.2) is 35.3 Å². The summed E-state index contributed by atoms with van der Waals surface area (Å²) in [7, 11) is 4.05. The molecule has 0 unspecified atom stereocenters. The van der Waals surface area contributed by atoms with E-state index in [9.17, 15) is 0 Å². The van der Waals surface area contributed by atoms with Crippen molar-refractivity contribution in [1.82, 2.24) is 20.0 Å². The minimum absolute atomic E-state index is 0. The normalized spacial score (nSPS) is 18.9. The molecular formula is C25H44IN5O. The van der Waals surface area contributed by atoms with Gasteiger partial charge in [-0.1, -0.05) is 30.3 Å². The van der Waals surface area contributed by atoms with Gasteiger partial charge >= 0.3 is 0 Å². The minimum Gasteiger partial charge on any atom is -0.381 e. The maximum Gasteiger partial charge on any atom is 0.193 e. The van der Waals surface area contributed by atoms with Gasteiger partial charge in [0, 0.05) is 73.1 Å². The first kappa shape index (κ1) is 27.3. The Bertz CT molecular complexity index is 630. The molecule has 0 amide bonds. The van der Waals surface area contributed by atoms with E-state index in [1.807, 2.05) is 7.05 Å². The Morgan fingerprint density at radius 2 is 1.75 bits per heavy atom. The van der Waals surface area contributed by atoms with Gasteiger partial charge in [0.05, 0.1) is 0 Å². The Labute approximate surface area is 212 Å². The first-order valence-corrected chi connectivity index (χ1v) is 12.2. The number of nitrogens with zero attached hydrogens (tertiary/aromatic N) is 4. The number of unbranched alkanes of at least 4 members (excludes halogenated alkanes) is 1. The van der Waals surface area contributed by atoms with Crippen molar-refractivity contribution in [3.05, 3.63) is 35.9 Å². The second-order valence-electron chi connectivity index (χ2n) is 9.05. The molecule has 2 aliphatic heterocycles. The first-order valence-electron chi connectivity index (χ1n) is 12.2. The van der Waals surface area contributed by atoms with E-state index < -0.39 is 0 Å². The summed E-state index contributed by atoms with van der Waals surface area (Å²) in [5.41, 5.74) is 1.42. The lowest BCUT2D eigenvalue weighted by Crippen LogP contribution is -2.46. The second kappa shape index (κ2) is 15.9. The molecule has 2 heterocycles. The van der Waals surface area contributed by atoms with Gasteiger partial charge < -0.3 is 19.9 Å². The van der Waals surface area contributed by atoms with E-state index in [0.29, 0.717) is 0 Å². The zero-order valence-electron chi connectivity index (χ0n) is 20.2. The van der Waals surface area contributed by atoms with Gasteiger partial charge in [-0.2, -0.15) is 0 Å². The second-order valence-corrected chi connectivity index (χ2v) is 9.05. The van der Waals surface area contributed by atoms with Crippen LogP contribution in [0.3, 0.4) is 0 Å². The van der Waals surface area contributed by atoms with E-state index in [1.54, 1.807) is 0 Å². The van der Waals surface area contributed by atoms with Crippen molar-refractivity contribution in [2.24, 2.45) is 10.9 Å². The van der Waals surface area contributed by atoms with Gasteiger partial charge in [-0.05, 0) is 50.1 Å². The molecule has 2 aliphatic rings. The average molecular weight is 558 g/mol. The van der Waals surface area contributed by atoms with E-state index in [4.69, 9.17) is 4.74 Å². The summed E-state index contributed by atoms with van der Waals surface area (Å²) in [4.78, 5) is 12.0. The number of hydrogen-bond donors (Lipinski definition) is 1. The number of ether oxygens (including phenoxy) is 1. The predicted molar refractivity (Wildman–Crippen MR) is 145 cm³/mol. The predicted octanol–water partition coefficient (Wildman–Crippen LogP) is 3.53. The third kappa shape index (κ3) is 9.93. The number of aliphatic imine (C=N–C) groups is 1. The van der Waals surface area contributed by atoms with Gasteiger partial charge in [0.15, 0.2) is 5.96 Å². The molecule has 1 N–H and O–H groups in total. The topological polar surface area (TPSA) is 43.3 Å². The zero-order chi connectivity index (χ0) is 21.7. The van der Waals surface area contributed by atoms with Crippen LogP contribution < -0.4 is 5.32 Å². The van der Waals surface area contributed by atoms with Crippen molar-refractivity contribution in [2.45, 2.75) is 38.6 Å². The summed E-state index contributed by atoms with van der Waals surface area (Å²) in [5.74, 6) is 1.84. The van der Waals surface area contributed by atoms with Gasteiger partial charge in [-0.25, -0.2) is 0 Å². The fourth-order valence-electron chi connectivity index (χ4n) is 4.58. The molecule has 2 fully saturated rings. The molecule has 0 spiro atoms. The quantitative estimate of drug-likeness (QED) is 0.207. The standard InChI is InChI=1S/C25H43N5O.HI/c1-26-25(28(2)15-10-23-11-20-31-21-12-23)27-13-6-7-14-29-16-18-30(19-17-29)22-24-8-4-3-5-9-24;/h3-5,8-9,23H,6-7,10-22H2,1-2H3,(H,26,27);1H. The SMILES string of the molecule is CN=C(NCCCCN1CCN(Cc2ccccc2)CC1)N(C)CCC1CCOCC1.I. The summed E-state index contributed by atoms with van der Waals surface area (Å²) < 4.78 is 5.47. The molecule has 3 rings (SSSR count). The van der Waals surface area contributed by atoms with Crippen molar-refractivity contribution in [3.63, 3.8) is 0 Å². The van der Waals surface area contributed by atoms with Crippen molar-refractivity contribution < 1.29 is 4.74 Å². The van der Waals surface area contributed by atoms with Crippen molar-refractivity contribution in [1.29, 1.82) is 0 Å². The molecule has 0 atom stereocenters. The fourth-order valence-corrected chi connectivity index (χ4v) is 4.58. The maximum absolute atomic E-state index is 5.47. The van der Waals surface area contributed by atoms with Gasteiger partial charge in [-0.15, -0.1) is 24.0 Å². The van der Waals surface area contributed by atoms with Crippen LogP contribution >= 0.6 is 24.0 Å². The van der Waals surface area contributed by atoms with Crippen LogP contribution in [-0.4, -0.2) is 93.8 Å². The molecule has 0 saturated carbocycles. The van der Waals surface area contributed by atoms with Crippen LogP contribution in [0, 0.1) is 5.92 Å². The summed E-state index contributed by atoms with van der Waals surface area (Å²) in [6.45, 7) is 11.0. The Morgan fingerprint density at radius 1 is 1.06 bits per heavy atom. The molecule has 182 valence electrons. The van der Waals surface area contributed by atoms with Crippen LogP contribution in [0.4, 0.5) is 0 Å². The van der Waals surface area contributed by atoms with Crippen LogP contribution in [0.5, 0.6) is 0 Å². The van der Waals surface area contributed by atoms with Crippen LogP contribution in [-0.2, 0) is 11.3 Å². The van der Waals surface area contributed by atoms with Crippen LogP contribution in [0.1, 0.15) is 37.7 Å².